The van der Waals surface area contributed by atoms with E-state index in [0.29, 0.717) is 0 Å². The van der Waals surface area contributed by atoms with Gasteiger partial charge in [0.2, 0.25) is 0 Å². The molecule has 0 saturated carbocycles. The molecule has 0 amide bonds. The summed E-state index contributed by atoms with van der Waals surface area (Å²) in [5.41, 5.74) is 19.2. The van der Waals surface area contributed by atoms with Crippen molar-refractivity contribution in [3.05, 3.63) is 243 Å². The van der Waals surface area contributed by atoms with Crippen LogP contribution >= 0.6 is 0 Å². The van der Waals surface area contributed by atoms with Crippen molar-refractivity contribution in [3.63, 3.8) is 0 Å². The molecule has 0 spiro atoms. The van der Waals surface area contributed by atoms with Crippen LogP contribution in [0.4, 0.5) is 0 Å². The summed E-state index contributed by atoms with van der Waals surface area (Å²) in [6.45, 7) is 0. The Balaban J connectivity index is 0.873. The first kappa shape index (κ1) is 35.7. The number of nitrogens with zero attached hydrogens (tertiary/aromatic N) is 2. The lowest BCUT2D eigenvalue weighted by molar-refractivity contribution is 1.18. The summed E-state index contributed by atoms with van der Waals surface area (Å²) >= 11 is 0. The minimum atomic E-state index is 1.15. The van der Waals surface area contributed by atoms with Crippen molar-refractivity contribution in [2.75, 3.05) is 0 Å². The molecular weight excluding hydrogens is 749 g/mol. The summed E-state index contributed by atoms with van der Waals surface area (Å²) in [6.07, 6.45) is 0. The average Bonchev–Trinajstić information content (AvgIpc) is 3.87. The third-order valence-electron chi connectivity index (χ3n) is 12.6. The second-order valence-corrected chi connectivity index (χ2v) is 16.2. The lowest BCUT2D eigenvalue weighted by Gasteiger charge is -2.11. The van der Waals surface area contributed by atoms with Crippen LogP contribution < -0.4 is 0 Å². The van der Waals surface area contributed by atoms with Crippen LogP contribution in [0.5, 0.6) is 0 Å². The van der Waals surface area contributed by atoms with Crippen LogP contribution in [0.1, 0.15) is 0 Å². The van der Waals surface area contributed by atoms with E-state index in [-0.39, 0.29) is 0 Å². The molecule has 2 heterocycles. The zero-order valence-electron chi connectivity index (χ0n) is 34.0. The largest absolute Gasteiger partial charge is 0.309 e. The number of hydrogen-bond acceptors (Lipinski definition) is 0. The van der Waals surface area contributed by atoms with Crippen LogP contribution in [-0.2, 0) is 0 Å². The van der Waals surface area contributed by atoms with Gasteiger partial charge in [-0.25, -0.2) is 0 Å². The molecule has 0 atom stereocenters. The second-order valence-electron chi connectivity index (χ2n) is 16.2. The van der Waals surface area contributed by atoms with Crippen LogP contribution in [0, 0.1) is 0 Å². The molecule has 0 N–H and O–H groups in total. The van der Waals surface area contributed by atoms with E-state index < -0.39 is 0 Å². The summed E-state index contributed by atoms with van der Waals surface area (Å²) in [6, 6.07) is 88.3. The fourth-order valence-electron chi connectivity index (χ4n) is 9.46. The van der Waals surface area contributed by atoms with E-state index in [1.165, 1.54) is 99.2 Å². The third kappa shape index (κ3) is 6.12. The second kappa shape index (κ2) is 14.8. The molecule has 290 valence electrons. The number of fused-ring (bicyclic) bond motifs is 6. The summed E-state index contributed by atoms with van der Waals surface area (Å²) in [7, 11) is 0. The molecule has 0 radical (unpaired) electrons. The van der Waals surface area contributed by atoms with Gasteiger partial charge < -0.3 is 9.13 Å². The fraction of sp³-hybridized carbons (Fsp3) is 0. The van der Waals surface area contributed by atoms with E-state index in [0.717, 1.165) is 11.4 Å². The Labute approximate surface area is 360 Å². The number of hydrogen-bond donors (Lipinski definition) is 0. The summed E-state index contributed by atoms with van der Waals surface area (Å²) < 4.78 is 4.81. The Morgan fingerprint density at radius 1 is 0.177 bits per heavy atom. The molecule has 0 bridgehead atoms. The highest BCUT2D eigenvalue weighted by Crippen LogP contribution is 2.39. The van der Waals surface area contributed by atoms with Crippen LogP contribution in [-0.4, -0.2) is 9.13 Å². The van der Waals surface area contributed by atoms with E-state index in [9.17, 15) is 0 Å². The molecule has 10 aromatic carbocycles. The number of aromatic nitrogens is 2. The molecule has 62 heavy (non-hydrogen) atoms. The highest BCUT2D eigenvalue weighted by molar-refractivity contribution is 6.12. The quantitative estimate of drug-likeness (QED) is 0.152. The Kier molecular flexibility index (Phi) is 8.53. The van der Waals surface area contributed by atoms with Crippen molar-refractivity contribution in [1.82, 2.24) is 9.13 Å². The molecule has 2 aromatic heterocycles. The molecule has 0 fully saturated rings. The van der Waals surface area contributed by atoms with Gasteiger partial charge in [0.15, 0.2) is 0 Å². The van der Waals surface area contributed by atoms with E-state index >= 15 is 0 Å². The third-order valence-corrected chi connectivity index (χ3v) is 12.6. The molecule has 2 heteroatoms. The predicted molar refractivity (Wildman–Crippen MR) is 262 cm³/mol. The van der Waals surface area contributed by atoms with Crippen LogP contribution in [0.25, 0.3) is 111 Å². The minimum absolute atomic E-state index is 1.15. The van der Waals surface area contributed by atoms with Crippen molar-refractivity contribution < 1.29 is 0 Å². The number of para-hydroxylation sites is 2. The monoisotopic (exact) mass is 788 g/mol. The zero-order valence-corrected chi connectivity index (χ0v) is 34.0. The van der Waals surface area contributed by atoms with Crippen molar-refractivity contribution in [1.29, 1.82) is 0 Å². The minimum Gasteiger partial charge on any atom is -0.309 e. The molecule has 12 rings (SSSR count). The van der Waals surface area contributed by atoms with Crippen molar-refractivity contribution in [2.45, 2.75) is 0 Å². The van der Waals surface area contributed by atoms with Crippen molar-refractivity contribution in [2.24, 2.45) is 0 Å². The Bertz CT molecular complexity index is 3580. The molecule has 0 saturated heterocycles. The molecule has 12 aromatic rings. The first-order chi connectivity index (χ1) is 30.7. The van der Waals surface area contributed by atoms with E-state index in [2.05, 4.69) is 252 Å². The fourth-order valence-corrected chi connectivity index (χ4v) is 9.46. The highest BCUT2D eigenvalue weighted by atomic mass is 15.0. The maximum atomic E-state index is 2.41. The number of benzene rings is 10. The SMILES string of the molecule is c1ccc(-c2ccc(-c3ccc(-c4ccc(-n5c6ccccc6c6cc(-c7ccc8c(c7)c7ccccc7n8-c7cccc(-c8ccccc8)c7)ccc65)cc4)cc3)cc2)cc1. The standard InChI is InChI=1S/C60H40N2/c1-3-12-41(13-4-1)43-22-24-44(25-23-43)45-26-28-46(29-27-45)47-30-34-51(35-31-47)61-57-20-9-7-18-53(57)55-39-49(32-36-59(55)61)50-33-37-60-56(40-50)54-19-8-10-21-58(54)62(60)52-17-11-16-48(38-52)42-14-5-2-6-15-42/h1-40H. The highest BCUT2D eigenvalue weighted by Gasteiger charge is 2.17. The maximum absolute atomic E-state index is 2.41. The Hall–Kier alpha value is -8.20. The van der Waals surface area contributed by atoms with E-state index in [1.54, 1.807) is 0 Å². The molecule has 0 aliphatic heterocycles. The van der Waals surface area contributed by atoms with E-state index in [1.807, 2.05) is 0 Å². The molecule has 0 aliphatic carbocycles. The summed E-state index contributed by atoms with van der Waals surface area (Å²) in [4.78, 5) is 0. The first-order valence-corrected chi connectivity index (χ1v) is 21.3. The number of rotatable bonds is 7. The topological polar surface area (TPSA) is 9.86 Å². The van der Waals surface area contributed by atoms with Gasteiger partial charge in [-0.2, -0.15) is 0 Å². The average molecular weight is 789 g/mol. The van der Waals surface area contributed by atoms with Crippen LogP contribution in [0.15, 0.2) is 243 Å². The smallest absolute Gasteiger partial charge is 0.0541 e. The Morgan fingerprint density at radius 2 is 0.500 bits per heavy atom. The van der Waals surface area contributed by atoms with E-state index in [4.69, 9.17) is 0 Å². The summed E-state index contributed by atoms with van der Waals surface area (Å²) in [5, 5.41) is 4.99. The Morgan fingerprint density at radius 3 is 0.984 bits per heavy atom. The predicted octanol–water partition coefficient (Wildman–Crippen LogP) is 16.2. The summed E-state index contributed by atoms with van der Waals surface area (Å²) in [5.74, 6) is 0. The van der Waals surface area contributed by atoms with Crippen LogP contribution in [0.3, 0.4) is 0 Å². The molecular formula is C60H40N2. The van der Waals surface area contributed by atoms with Gasteiger partial charge in [-0.1, -0.05) is 182 Å². The van der Waals surface area contributed by atoms with Gasteiger partial charge in [-0.15, -0.1) is 0 Å². The lowest BCUT2D eigenvalue weighted by Crippen LogP contribution is -1.94. The van der Waals surface area contributed by atoms with Gasteiger partial charge in [-0.3, -0.25) is 0 Å². The van der Waals surface area contributed by atoms with Gasteiger partial charge in [0.1, 0.15) is 0 Å². The van der Waals surface area contributed by atoms with Gasteiger partial charge >= 0.3 is 0 Å². The van der Waals surface area contributed by atoms with Gasteiger partial charge in [0.05, 0.1) is 22.1 Å². The maximum Gasteiger partial charge on any atom is 0.0541 e. The van der Waals surface area contributed by atoms with Crippen LogP contribution in [0.2, 0.25) is 0 Å². The normalized spacial score (nSPS) is 11.5. The zero-order chi connectivity index (χ0) is 41.0. The molecule has 2 nitrogen and oxygen atoms in total. The molecule has 0 aliphatic rings. The molecule has 0 unspecified atom stereocenters. The van der Waals surface area contributed by atoms with Crippen molar-refractivity contribution in [3.8, 4) is 67.0 Å². The first-order valence-electron chi connectivity index (χ1n) is 21.3. The lowest BCUT2D eigenvalue weighted by atomic mass is 9.98. The van der Waals surface area contributed by atoms with Gasteiger partial charge in [-0.05, 0) is 116 Å². The van der Waals surface area contributed by atoms with Gasteiger partial charge in [0, 0.05) is 32.9 Å². The van der Waals surface area contributed by atoms with Gasteiger partial charge in [0.25, 0.3) is 0 Å². The van der Waals surface area contributed by atoms with Crippen molar-refractivity contribution >= 4 is 43.6 Å².